The van der Waals surface area contributed by atoms with Crippen LogP contribution in [-0.2, 0) is 0 Å². The second-order valence-corrected chi connectivity index (χ2v) is 2.82. The number of hydrogen-bond acceptors (Lipinski definition) is 2. The molecule has 2 heteroatoms. The first kappa shape index (κ1) is 4.34. The molecule has 0 nitrogen and oxygen atoms in total. The minimum atomic E-state index is 1.00. The molecular weight excluding hydrogens is 112 g/mol. The maximum atomic E-state index is 4.82. The Hall–Kier alpha value is 0.180. The zero-order valence-corrected chi connectivity index (χ0v) is 4.81. The summed E-state index contributed by atoms with van der Waals surface area (Å²) in [7, 11) is 0. The first-order chi connectivity index (χ1) is 2.89. The van der Waals surface area contributed by atoms with Crippen molar-refractivity contribution in [1.82, 2.24) is 0 Å². The molecule has 0 spiro atoms. The second-order valence-electron chi connectivity index (χ2n) is 1.07. The Balaban J connectivity index is 2.52. The summed E-state index contributed by atoms with van der Waals surface area (Å²) in [6, 6.07) is 0. The van der Waals surface area contributed by atoms with Gasteiger partial charge in [-0.25, -0.2) is 0 Å². The molecule has 0 unspecified atom stereocenters. The lowest BCUT2D eigenvalue weighted by molar-refractivity contribution is 1.60. The SMILES string of the molecule is S=C1CC=CS1. The quantitative estimate of drug-likeness (QED) is 0.444. The minimum absolute atomic E-state index is 1.00. The lowest BCUT2D eigenvalue weighted by Gasteiger charge is -1.77. The van der Waals surface area contributed by atoms with Gasteiger partial charge in [0, 0.05) is 6.42 Å². The lowest BCUT2D eigenvalue weighted by atomic mass is 10.5. The standard InChI is InChI=1S/C4H4S2/c5-4-2-1-3-6-4/h1,3H,2H2. The van der Waals surface area contributed by atoms with Gasteiger partial charge >= 0.3 is 0 Å². The van der Waals surface area contributed by atoms with Crippen molar-refractivity contribution in [2.75, 3.05) is 0 Å². The highest BCUT2D eigenvalue weighted by molar-refractivity contribution is 8.25. The van der Waals surface area contributed by atoms with Gasteiger partial charge in [-0.15, -0.1) is 0 Å². The molecule has 0 aromatic heterocycles. The fraction of sp³-hybridized carbons (Fsp3) is 0.250. The highest BCUT2D eigenvalue weighted by Gasteiger charge is 1.95. The van der Waals surface area contributed by atoms with E-state index in [4.69, 9.17) is 12.2 Å². The summed E-state index contributed by atoms with van der Waals surface area (Å²) >= 11 is 6.47. The molecule has 0 aromatic carbocycles. The predicted molar refractivity (Wildman–Crippen MR) is 33.9 cm³/mol. The monoisotopic (exact) mass is 116 g/mol. The molecule has 1 heterocycles. The van der Waals surface area contributed by atoms with Gasteiger partial charge in [0.15, 0.2) is 0 Å². The van der Waals surface area contributed by atoms with Crippen molar-refractivity contribution < 1.29 is 0 Å². The van der Waals surface area contributed by atoms with Crippen molar-refractivity contribution in [3.8, 4) is 0 Å². The van der Waals surface area contributed by atoms with Crippen LogP contribution < -0.4 is 0 Å². The van der Waals surface area contributed by atoms with Crippen LogP contribution in [0.4, 0.5) is 0 Å². The molecule has 1 aliphatic heterocycles. The molecule has 0 fully saturated rings. The van der Waals surface area contributed by atoms with E-state index in [-0.39, 0.29) is 0 Å². The molecule has 32 valence electrons. The predicted octanol–water partition coefficient (Wildman–Crippen LogP) is 1.96. The zero-order valence-electron chi connectivity index (χ0n) is 3.18. The Bertz CT molecular complexity index is 83.7. The average molecular weight is 116 g/mol. The number of thioether (sulfide) groups is 1. The van der Waals surface area contributed by atoms with Crippen molar-refractivity contribution in [2.24, 2.45) is 0 Å². The van der Waals surface area contributed by atoms with E-state index >= 15 is 0 Å². The van der Waals surface area contributed by atoms with Crippen molar-refractivity contribution in [3.05, 3.63) is 11.5 Å². The van der Waals surface area contributed by atoms with Gasteiger partial charge in [0.25, 0.3) is 0 Å². The number of thiocarbonyl (C=S) groups is 1. The van der Waals surface area contributed by atoms with Gasteiger partial charge < -0.3 is 0 Å². The summed E-state index contributed by atoms with van der Waals surface area (Å²) in [5, 5.41) is 2.03. The van der Waals surface area contributed by atoms with Gasteiger partial charge in [-0.05, 0) is 5.41 Å². The Labute approximate surface area is 46.6 Å². The molecular formula is C4H4S2. The smallest absolute Gasteiger partial charge is 0.0558 e. The van der Waals surface area contributed by atoms with Crippen LogP contribution in [0.2, 0.25) is 0 Å². The number of hydrogen-bond donors (Lipinski definition) is 0. The first-order valence-electron chi connectivity index (χ1n) is 1.74. The van der Waals surface area contributed by atoms with Gasteiger partial charge in [0.1, 0.15) is 0 Å². The summed E-state index contributed by atoms with van der Waals surface area (Å²) in [6.45, 7) is 0. The van der Waals surface area contributed by atoms with E-state index in [1.165, 1.54) is 0 Å². The second kappa shape index (κ2) is 1.76. The van der Waals surface area contributed by atoms with Crippen LogP contribution in [0, 0.1) is 0 Å². The largest absolute Gasteiger partial charge is 0.0907 e. The molecule has 0 N–H and O–H groups in total. The highest BCUT2D eigenvalue weighted by Crippen LogP contribution is 2.16. The van der Waals surface area contributed by atoms with E-state index in [1.807, 2.05) is 5.41 Å². The van der Waals surface area contributed by atoms with Crippen molar-refractivity contribution in [3.63, 3.8) is 0 Å². The third kappa shape index (κ3) is 0.820. The van der Waals surface area contributed by atoms with Crippen LogP contribution in [0.25, 0.3) is 0 Å². The normalized spacial score (nSPS) is 19.7. The van der Waals surface area contributed by atoms with Crippen LogP contribution >= 0.6 is 24.0 Å². The number of allylic oxidation sites excluding steroid dienone is 1. The lowest BCUT2D eigenvalue weighted by Crippen LogP contribution is -1.70. The van der Waals surface area contributed by atoms with Crippen molar-refractivity contribution >= 4 is 28.2 Å². The third-order valence-electron chi connectivity index (χ3n) is 0.580. The van der Waals surface area contributed by atoms with Crippen molar-refractivity contribution in [1.29, 1.82) is 0 Å². The van der Waals surface area contributed by atoms with E-state index in [2.05, 4.69) is 6.08 Å². The Morgan fingerprint density at radius 1 is 1.83 bits per heavy atom. The van der Waals surface area contributed by atoms with Crippen LogP contribution in [0.5, 0.6) is 0 Å². The van der Waals surface area contributed by atoms with E-state index in [1.54, 1.807) is 11.8 Å². The van der Waals surface area contributed by atoms with Crippen LogP contribution in [0.15, 0.2) is 11.5 Å². The van der Waals surface area contributed by atoms with Gasteiger partial charge in [0.05, 0.1) is 4.20 Å². The molecule has 0 amide bonds. The van der Waals surface area contributed by atoms with E-state index in [0.717, 1.165) is 10.6 Å². The van der Waals surface area contributed by atoms with Gasteiger partial charge in [-0.2, -0.15) is 0 Å². The topological polar surface area (TPSA) is 0 Å². The molecule has 6 heavy (non-hydrogen) atoms. The first-order valence-corrected chi connectivity index (χ1v) is 3.03. The summed E-state index contributed by atoms with van der Waals surface area (Å²) in [5.74, 6) is 0. The molecule has 0 aliphatic carbocycles. The molecule has 0 radical (unpaired) electrons. The fourth-order valence-electron chi connectivity index (χ4n) is 0.316. The number of rotatable bonds is 0. The summed E-state index contributed by atoms with van der Waals surface area (Å²) in [5.41, 5.74) is 0. The Morgan fingerprint density at radius 3 is 2.83 bits per heavy atom. The molecule has 0 saturated carbocycles. The maximum absolute atomic E-state index is 4.82. The molecule has 1 rings (SSSR count). The fourth-order valence-corrected chi connectivity index (χ4v) is 1.12. The minimum Gasteiger partial charge on any atom is -0.0907 e. The van der Waals surface area contributed by atoms with E-state index in [0.29, 0.717) is 0 Å². The molecule has 0 aromatic rings. The maximum Gasteiger partial charge on any atom is 0.0558 e. The molecule has 0 saturated heterocycles. The van der Waals surface area contributed by atoms with Gasteiger partial charge in [-0.1, -0.05) is 30.1 Å². The van der Waals surface area contributed by atoms with Gasteiger partial charge in [-0.3, -0.25) is 0 Å². The third-order valence-corrected chi connectivity index (χ3v) is 1.79. The average Bonchev–Trinajstić information content (AvgIpc) is 1.86. The summed E-state index contributed by atoms with van der Waals surface area (Å²) < 4.78 is 1.09. The Kier molecular flexibility index (Phi) is 1.27. The van der Waals surface area contributed by atoms with Gasteiger partial charge in [0.2, 0.25) is 0 Å². The Morgan fingerprint density at radius 2 is 2.67 bits per heavy atom. The summed E-state index contributed by atoms with van der Waals surface area (Å²) in [6.07, 6.45) is 3.08. The van der Waals surface area contributed by atoms with Crippen LogP contribution in [0.3, 0.4) is 0 Å². The molecule has 0 bridgehead atoms. The molecule has 0 atom stereocenters. The highest BCUT2D eigenvalue weighted by atomic mass is 32.2. The van der Waals surface area contributed by atoms with Crippen molar-refractivity contribution in [2.45, 2.75) is 6.42 Å². The zero-order chi connectivity index (χ0) is 4.41. The van der Waals surface area contributed by atoms with Crippen LogP contribution in [-0.4, -0.2) is 4.20 Å². The van der Waals surface area contributed by atoms with Crippen LogP contribution in [0.1, 0.15) is 6.42 Å². The van der Waals surface area contributed by atoms with E-state index < -0.39 is 0 Å². The molecule has 1 aliphatic rings. The summed E-state index contributed by atoms with van der Waals surface area (Å²) in [4.78, 5) is 0. The van der Waals surface area contributed by atoms with E-state index in [9.17, 15) is 0 Å².